The molecular weight excluding hydrogens is 237 g/mol. The van der Waals surface area contributed by atoms with Gasteiger partial charge in [0.15, 0.2) is 0 Å². The van der Waals surface area contributed by atoms with Gasteiger partial charge in [-0.25, -0.2) is 4.39 Å². The molecular formula is C13H14FNO3. The predicted molar refractivity (Wildman–Crippen MR) is 62.6 cm³/mol. The quantitative estimate of drug-likeness (QED) is 0.854. The molecule has 5 heteroatoms. The Balaban J connectivity index is 2.25. The normalized spacial score (nSPS) is 26.2. The average molecular weight is 251 g/mol. The molecule has 96 valence electrons. The first-order valence-electron chi connectivity index (χ1n) is 5.71. The zero-order chi connectivity index (χ0) is 13.3. The summed E-state index contributed by atoms with van der Waals surface area (Å²) in [5, 5.41) is 12.0. The first-order chi connectivity index (χ1) is 8.45. The molecule has 2 rings (SSSR count). The average Bonchev–Trinajstić information content (AvgIpc) is 2.23. The topological polar surface area (TPSA) is 66.4 Å². The Kier molecular flexibility index (Phi) is 3.07. The second-order valence-electron chi connectivity index (χ2n) is 4.67. The Morgan fingerprint density at radius 1 is 1.39 bits per heavy atom. The third-order valence-corrected chi connectivity index (χ3v) is 3.40. The number of carbonyl (C=O) groups is 2. The predicted octanol–water partition coefficient (Wildman–Crippen LogP) is 1.45. The van der Waals surface area contributed by atoms with Crippen molar-refractivity contribution >= 4 is 11.9 Å². The van der Waals surface area contributed by atoms with Crippen LogP contribution in [0.4, 0.5) is 4.39 Å². The van der Waals surface area contributed by atoms with E-state index in [0.29, 0.717) is 0 Å². The molecule has 0 unspecified atom stereocenters. The van der Waals surface area contributed by atoms with Crippen molar-refractivity contribution in [3.05, 3.63) is 35.6 Å². The van der Waals surface area contributed by atoms with Crippen LogP contribution in [0.25, 0.3) is 0 Å². The third-order valence-electron chi connectivity index (χ3n) is 3.40. The molecule has 2 N–H and O–H groups in total. The summed E-state index contributed by atoms with van der Waals surface area (Å²) in [5.41, 5.74) is -1.02. The lowest BCUT2D eigenvalue weighted by atomic mass is 9.61. The van der Waals surface area contributed by atoms with Gasteiger partial charge in [-0.05, 0) is 18.9 Å². The maximum absolute atomic E-state index is 13.7. The molecule has 1 amide bonds. The highest BCUT2D eigenvalue weighted by molar-refractivity contribution is 5.84. The van der Waals surface area contributed by atoms with E-state index in [4.69, 9.17) is 0 Å². The zero-order valence-electron chi connectivity index (χ0n) is 9.94. The maximum atomic E-state index is 13.7. The van der Waals surface area contributed by atoms with Crippen molar-refractivity contribution in [1.82, 2.24) is 5.32 Å². The van der Waals surface area contributed by atoms with Crippen molar-refractivity contribution in [2.45, 2.75) is 31.2 Å². The van der Waals surface area contributed by atoms with Gasteiger partial charge >= 0.3 is 5.97 Å². The van der Waals surface area contributed by atoms with Gasteiger partial charge in [-0.1, -0.05) is 18.2 Å². The number of hydrogen-bond donors (Lipinski definition) is 2. The fourth-order valence-corrected chi connectivity index (χ4v) is 2.53. The Morgan fingerprint density at radius 3 is 2.50 bits per heavy atom. The van der Waals surface area contributed by atoms with Gasteiger partial charge in [0.05, 0.1) is 5.41 Å². The molecule has 4 nitrogen and oxygen atoms in total. The van der Waals surface area contributed by atoms with Crippen LogP contribution in [0, 0.1) is 5.82 Å². The zero-order valence-corrected chi connectivity index (χ0v) is 9.94. The molecule has 0 bridgehead atoms. The Hall–Kier alpha value is -1.91. The lowest BCUT2D eigenvalue weighted by molar-refractivity contribution is -0.149. The molecule has 1 aliphatic rings. The molecule has 1 aliphatic carbocycles. The van der Waals surface area contributed by atoms with Crippen LogP contribution in [0.5, 0.6) is 0 Å². The van der Waals surface area contributed by atoms with Crippen LogP contribution in [-0.2, 0) is 15.0 Å². The molecule has 0 atom stereocenters. The summed E-state index contributed by atoms with van der Waals surface area (Å²) in [6.45, 7) is 1.38. The third kappa shape index (κ3) is 1.96. The molecule has 0 spiro atoms. The standard InChI is InChI=1S/C13H14FNO3/c1-8(16)15-9-6-13(7-9,12(17)18)10-4-2-3-5-11(10)14/h2-5,9H,6-7H2,1H3,(H,15,16)(H,17,18). The number of halogens is 1. The summed E-state index contributed by atoms with van der Waals surface area (Å²) in [6, 6.07) is 5.70. The van der Waals surface area contributed by atoms with Crippen LogP contribution >= 0.6 is 0 Å². The van der Waals surface area contributed by atoms with Gasteiger partial charge in [0, 0.05) is 18.5 Å². The van der Waals surface area contributed by atoms with Gasteiger partial charge in [0.1, 0.15) is 5.82 Å². The van der Waals surface area contributed by atoms with Crippen molar-refractivity contribution in [3.63, 3.8) is 0 Å². The van der Waals surface area contributed by atoms with Crippen LogP contribution < -0.4 is 5.32 Å². The maximum Gasteiger partial charge on any atom is 0.314 e. The van der Waals surface area contributed by atoms with Gasteiger partial charge in [0.25, 0.3) is 0 Å². The number of rotatable bonds is 3. The molecule has 0 saturated heterocycles. The van der Waals surface area contributed by atoms with Crippen LogP contribution in [0.1, 0.15) is 25.3 Å². The molecule has 1 aromatic rings. The van der Waals surface area contributed by atoms with E-state index < -0.39 is 17.2 Å². The van der Waals surface area contributed by atoms with Gasteiger partial charge in [-0.2, -0.15) is 0 Å². The van der Waals surface area contributed by atoms with Crippen molar-refractivity contribution in [1.29, 1.82) is 0 Å². The van der Waals surface area contributed by atoms with E-state index in [0.717, 1.165) is 0 Å². The van der Waals surface area contributed by atoms with E-state index in [1.54, 1.807) is 6.07 Å². The second kappa shape index (κ2) is 4.40. The van der Waals surface area contributed by atoms with E-state index in [-0.39, 0.29) is 30.4 Å². The minimum atomic E-state index is -1.21. The number of amides is 1. The van der Waals surface area contributed by atoms with Crippen molar-refractivity contribution in [3.8, 4) is 0 Å². The first kappa shape index (κ1) is 12.5. The van der Waals surface area contributed by atoms with Gasteiger partial charge < -0.3 is 10.4 Å². The van der Waals surface area contributed by atoms with Gasteiger partial charge in [0.2, 0.25) is 5.91 Å². The summed E-state index contributed by atoms with van der Waals surface area (Å²) < 4.78 is 13.7. The summed E-state index contributed by atoms with van der Waals surface area (Å²) in [6.07, 6.45) is 0.450. The Bertz CT molecular complexity index is 495. The minimum absolute atomic E-state index is 0.194. The van der Waals surface area contributed by atoms with Crippen molar-refractivity contribution in [2.24, 2.45) is 0 Å². The van der Waals surface area contributed by atoms with Gasteiger partial charge in [-0.15, -0.1) is 0 Å². The van der Waals surface area contributed by atoms with Gasteiger partial charge in [-0.3, -0.25) is 9.59 Å². The number of aliphatic carboxylic acids is 1. The van der Waals surface area contributed by atoms with E-state index in [1.807, 2.05) is 0 Å². The molecule has 0 aliphatic heterocycles. The SMILES string of the molecule is CC(=O)NC1CC(C(=O)O)(c2ccccc2F)C1. The number of nitrogens with one attached hydrogen (secondary N) is 1. The lowest BCUT2D eigenvalue weighted by Crippen LogP contribution is -2.57. The smallest absolute Gasteiger partial charge is 0.314 e. The van der Waals surface area contributed by atoms with Crippen molar-refractivity contribution < 1.29 is 19.1 Å². The Morgan fingerprint density at radius 2 is 2.00 bits per heavy atom. The van der Waals surface area contributed by atoms with Crippen LogP contribution in [0.2, 0.25) is 0 Å². The number of carboxylic acids is 1. The summed E-state index contributed by atoms with van der Waals surface area (Å²) >= 11 is 0. The highest BCUT2D eigenvalue weighted by Crippen LogP contribution is 2.45. The minimum Gasteiger partial charge on any atom is -0.481 e. The number of carbonyl (C=O) groups excluding carboxylic acids is 1. The van der Waals surface area contributed by atoms with E-state index >= 15 is 0 Å². The molecule has 1 saturated carbocycles. The number of carboxylic acid groups (broad SMARTS) is 1. The van der Waals surface area contributed by atoms with E-state index in [1.165, 1.54) is 25.1 Å². The molecule has 0 aromatic heterocycles. The molecule has 1 fully saturated rings. The van der Waals surface area contributed by atoms with Crippen molar-refractivity contribution in [2.75, 3.05) is 0 Å². The largest absolute Gasteiger partial charge is 0.481 e. The number of hydrogen-bond acceptors (Lipinski definition) is 2. The fraction of sp³-hybridized carbons (Fsp3) is 0.385. The highest BCUT2D eigenvalue weighted by Gasteiger charge is 2.53. The van der Waals surface area contributed by atoms with Crippen LogP contribution in [0.3, 0.4) is 0 Å². The molecule has 0 heterocycles. The second-order valence-corrected chi connectivity index (χ2v) is 4.67. The lowest BCUT2D eigenvalue weighted by Gasteiger charge is -2.44. The summed E-state index contributed by atoms with van der Waals surface area (Å²) in [7, 11) is 0. The summed E-state index contributed by atoms with van der Waals surface area (Å²) in [5.74, 6) is -1.76. The molecule has 1 aromatic carbocycles. The molecule has 0 radical (unpaired) electrons. The van der Waals surface area contributed by atoms with E-state index in [9.17, 15) is 19.1 Å². The van der Waals surface area contributed by atoms with Crippen LogP contribution in [-0.4, -0.2) is 23.0 Å². The monoisotopic (exact) mass is 251 g/mol. The van der Waals surface area contributed by atoms with E-state index in [2.05, 4.69) is 5.32 Å². The highest BCUT2D eigenvalue weighted by atomic mass is 19.1. The first-order valence-corrected chi connectivity index (χ1v) is 5.71. The van der Waals surface area contributed by atoms with Crippen LogP contribution in [0.15, 0.2) is 24.3 Å². The summed E-state index contributed by atoms with van der Waals surface area (Å²) in [4.78, 5) is 22.3. The Labute approximate surface area is 104 Å². The molecule has 18 heavy (non-hydrogen) atoms. The number of benzene rings is 1. The fourth-order valence-electron chi connectivity index (χ4n) is 2.53.